The van der Waals surface area contributed by atoms with Crippen molar-refractivity contribution in [3.8, 4) is 11.8 Å². The van der Waals surface area contributed by atoms with Gasteiger partial charge in [0.15, 0.2) is 6.61 Å². The van der Waals surface area contributed by atoms with E-state index in [0.717, 1.165) is 16.9 Å². The van der Waals surface area contributed by atoms with Gasteiger partial charge in [0.2, 0.25) is 0 Å². The average Bonchev–Trinajstić information content (AvgIpc) is 3.03. The third kappa shape index (κ3) is 3.91. The van der Waals surface area contributed by atoms with Crippen LogP contribution in [0.15, 0.2) is 51.1 Å². The minimum Gasteiger partial charge on any atom is -0.484 e. The highest BCUT2D eigenvalue weighted by atomic mass is 32.2. The highest BCUT2D eigenvalue weighted by Crippen LogP contribution is 2.25. The zero-order valence-electron chi connectivity index (χ0n) is 13.2. The Balaban J connectivity index is 1.65. The summed E-state index contributed by atoms with van der Waals surface area (Å²) in [7, 11) is 0. The first-order valence-electron chi connectivity index (χ1n) is 7.21. The highest BCUT2D eigenvalue weighted by molar-refractivity contribution is 7.99. The van der Waals surface area contributed by atoms with Gasteiger partial charge in [-0.3, -0.25) is 0 Å². The molecule has 3 rings (SSSR count). The lowest BCUT2D eigenvalue weighted by molar-refractivity contribution is 0.250. The summed E-state index contributed by atoms with van der Waals surface area (Å²) in [5, 5.41) is 17.8. The first-order valence-corrected chi connectivity index (χ1v) is 8.03. The number of ether oxygens (including phenoxy) is 1. The van der Waals surface area contributed by atoms with Crippen LogP contribution in [-0.2, 0) is 6.61 Å². The standard InChI is InChI=1S/C17H14N4O2S/c1-11-6-7-12(2)14(8-11)22-10-15-20-21-17(23-15)24-16-5-3-4-13(9-18)19-16/h3-8H,10H2,1-2H3. The normalized spacial score (nSPS) is 10.4. The molecule has 0 fully saturated rings. The largest absolute Gasteiger partial charge is 0.484 e. The van der Waals surface area contributed by atoms with Gasteiger partial charge in [0.25, 0.3) is 11.1 Å². The molecule has 0 unspecified atom stereocenters. The number of rotatable bonds is 5. The van der Waals surface area contributed by atoms with Gasteiger partial charge in [-0.1, -0.05) is 18.2 Å². The van der Waals surface area contributed by atoms with Crippen molar-refractivity contribution >= 4 is 11.8 Å². The van der Waals surface area contributed by atoms with Crippen LogP contribution < -0.4 is 4.74 Å². The van der Waals surface area contributed by atoms with Gasteiger partial charge in [0.05, 0.1) is 0 Å². The Bertz CT molecular complexity index is 902. The molecule has 3 aromatic rings. The number of nitrogens with zero attached hydrogens (tertiary/aromatic N) is 4. The van der Waals surface area contributed by atoms with Gasteiger partial charge in [-0.2, -0.15) is 5.26 Å². The lowest BCUT2D eigenvalue weighted by atomic mass is 10.1. The fraction of sp³-hybridized carbons (Fsp3) is 0.176. The van der Waals surface area contributed by atoms with Crippen molar-refractivity contribution in [1.29, 1.82) is 5.26 Å². The summed E-state index contributed by atoms with van der Waals surface area (Å²) >= 11 is 1.21. The van der Waals surface area contributed by atoms with Crippen LogP contribution in [0.5, 0.6) is 5.75 Å². The lowest BCUT2D eigenvalue weighted by Gasteiger charge is -2.07. The minimum atomic E-state index is 0.198. The average molecular weight is 338 g/mol. The molecule has 0 spiro atoms. The number of benzene rings is 1. The summed E-state index contributed by atoms with van der Waals surface area (Å²) in [6, 6.07) is 13.2. The molecule has 0 saturated heterocycles. The Labute approximate surface area is 143 Å². The molecule has 7 heteroatoms. The molecule has 0 aliphatic carbocycles. The van der Waals surface area contributed by atoms with Crippen LogP contribution in [0, 0.1) is 25.2 Å². The molecule has 0 bridgehead atoms. The number of nitriles is 1. The van der Waals surface area contributed by atoms with Crippen molar-refractivity contribution in [2.75, 3.05) is 0 Å². The molecular weight excluding hydrogens is 324 g/mol. The fourth-order valence-electron chi connectivity index (χ4n) is 1.96. The van der Waals surface area contributed by atoms with Crippen LogP contribution in [0.3, 0.4) is 0 Å². The van der Waals surface area contributed by atoms with Gasteiger partial charge < -0.3 is 9.15 Å². The second-order valence-electron chi connectivity index (χ2n) is 5.09. The van der Waals surface area contributed by atoms with Gasteiger partial charge in [0.1, 0.15) is 22.5 Å². The zero-order chi connectivity index (χ0) is 16.9. The second-order valence-corrected chi connectivity index (χ2v) is 6.07. The molecule has 2 heterocycles. The van der Waals surface area contributed by atoms with Crippen molar-refractivity contribution in [3.05, 3.63) is 59.1 Å². The Morgan fingerprint density at radius 1 is 1.21 bits per heavy atom. The molecule has 24 heavy (non-hydrogen) atoms. The first-order chi connectivity index (χ1) is 11.6. The van der Waals surface area contributed by atoms with Crippen molar-refractivity contribution in [3.63, 3.8) is 0 Å². The number of hydrogen-bond acceptors (Lipinski definition) is 7. The molecule has 1 aromatic carbocycles. The van der Waals surface area contributed by atoms with Gasteiger partial charge in [-0.15, -0.1) is 10.2 Å². The summed E-state index contributed by atoms with van der Waals surface area (Å²) in [4.78, 5) is 4.15. The van der Waals surface area contributed by atoms with Crippen LogP contribution in [0.25, 0.3) is 0 Å². The Morgan fingerprint density at radius 3 is 2.92 bits per heavy atom. The molecule has 0 aliphatic rings. The van der Waals surface area contributed by atoms with Crippen molar-refractivity contribution in [1.82, 2.24) is 15.2 Å². The van der Waals surface area contributed by atoms with E-state index in [1.54, 1.807) is 18.2 Å². The molecule has 6 nitrogen and oxygen atoms in total. The SMILES string of the molecule is Cc1ccc(C)c(OCc2nnc(Sc3cccc(C#N)n3)o2)c1. The van der Waals surface area contributed by atoms with Crippen molar-refractivity contribution in [2.45, 2.75) is 30.7 Å². The summed E-state index contributed by atoms with van der Waals surface area (Å²) in [5.74, 6) is 1.18. The summed E-state index contributed by atoms with van der Waals surface area (Å²) in [6.07, 6.45) is 0. The zero-order valence-corrected chi connectivity index (χ0v) is 14.0. The third-order valence-corrected chi connectivity index (χ3v) is 3.95. The van der Waals surface area contributed by atoms with Gasteiger partial charge in [0, 0.05) is 0 Å². The minimum absolute atomic E-state index is 0.198. The maximum Gasteiger partial charge on any atom is 0.283 e. The monoisotopic (exact) mass is 338 g/mol. The lowest BCUT2D eigenvalue weighted by Crippen LogP contribution is -1.97. The molecule has 120 valence electrons. The van der Waals surface area contributed by atoms with E-state index in [-0.39, 0.29) is 6.61 Å². The van der Waals surface area contributed by atoms with Crippen LogP contribution in [-0.4, -0.2) is 15.2 Å². The summed E-state index contributed by atoms with van der Waals surface area (Å²) in [5.41, 5.74) is 2.52. The molecule has 2 aromatic heterocycles. The maximum absolute atomic E-state index is 8.86. The van der Waals surface area contributed by atoms with Crippen LogP contribution in [0.2, 0.25) is 0 Å². The van der Waals surface area contributed by atoms with Crippen LogP contribution >= 0.6 is 11.8 Å². The van der Waals surface area contributed by atoms with Crippen LogP contribution in [0.1, 0.15) is 22.7 Å². The molecular formula is C17H14N4O2S. The second kappa shape index (κ2) is 7.15. The van der Waals surface area contributed by atoms with E-state index in [2.05, 4.69) is 15.2 Å². The third-order valence-electron chi connectivity index (χ3n) is 3.17. The number of aromatic nitrogens is 3. The van der Waals surface area contributed by atoms with Gasteiger partial charge >= 0.3 is 0 Å². The smallest absolute Gasteiger partial charge is 0.283 e. The Kier molecular flexibility index (Phi) is 4.77. The Hall–Kier alpha value is -2.85. The van der Waals surface area contributed by atoms with Crippen LogP contribution in [0.4, 0.5) is 0 Å². The molecule has 0 radical (unpaired) electrons. The van der Waals surface area contributed by atoms with Crippen molar-refractivity contribution < 1.29 is 9.15 Å². The predicted octanol–water partition coefficient (Wildman–Crippen LogP) is 3.68. The van der Waals surface area contributed by atoms with Gasteiger partial charge in [-0.25, -0.2) is 4.98 Å². The maximum atomic E-state index is 8.86. The van der Waals surface area contributed by atoms with Crippen molar-refractivity contribution in [2.24, 2.45) is 0 Å². The quantitative estimate of drug-likeness (QED) is 0.701. The van der Waals surface area contributed by atoms with E-state index in [1.807, 2.05) is 38.1 Å². The molecule has 0 N–H and O–H groups in total. The number of aryl methyl sites for hydroxylation is 2. The molecule has 0 atom stereocenters. The number of hydrogen-bond donors (Lipinski definition) is 0. The molecule has 0 amide bonds. The van der Waals surface area contributed by atoms with E-state index >= 15 is 0 Å². The van der Waals surface area contributed by atoms with E-state index in [1.165, 1.54) is 11.8 Å². The first kappa shape index (κ1) is 16.0. The summed E-state index contributed by atoms with van der Waals surface area (Å²) < 4.78 is 11.3. The summed E-state index contributed by atoms with van der Waals surface area (Å²) in [6.45, 7) is 4.19. The molecule has 0 saturated carbocycles. The van der Waals surface area contributed by atoms with E-state index < -0.39 is 0 Å². The fourth-order valence-corrected chi connectivity index (χ4v) is 2.65. The predicted molar refractivity (Wildman–Crippen MR) is 87.6 cm³/mol. The molecule has 0 aliphatic heterocycles. The van der Waals surface area contributed by atoms with Gasteiger partial charge in [-0.05, 0) is 54.9 Å². The Morgan fingerprint density at radius 2 is 2.08 bits per heavy atom. The van der Waals surface area contributed by atoms with E-state index in [9.17, 15) is 0 Å². The topological polar surface area (TPSA) is 84.8 Å². The van der Waals surface area contributed by atoms with E-state index in [0.29, 0.717) is 21.8 Å². The van der Waals surface area contributed by atoms with E-state index in [4.69, 9.17) is 14.4 Å². The number of pyridine rings is 1. The highest BCUT2D eigenvalue weighted by Gasteiger charge is 2.10.